The summed E-state index contributed by atoms with van der Waals surface area (Å²) in [6, 6.07) is 11.3. The predicted molar refractivity (Wildman–Crippen MR) is 234 cm³/mol. The maximum absolute atomic E-state index is 17.3. The van der Waals surface area contributed by atoms with Crippen LogP contribution in [-0.4, -0.2) is 112 Å². The van der Waals surface area contributed by atoms with Crippen molar-refractivity contribution in [3.8, 4) is 11.8 Å². The lowest BCUT2D eigenvalue weighted by Gasteiger charge is -2.30. The average molecular weight is 1020 g/mol. The Hall–Kier alpha value is -5.54. The van der Waals surface area contributed by atoms with Gasteiger partial charge in [0, 0.05) is 34.8 Å². The molecule has 4 aromatic heterocycles. The maximum Gasteiger partial charge on any atom is 0.390 e. The monoisotopic (exact) mass is 1020 g/mol. The molecule has 0 N–H and O–H groups in total. The third kappa shape index (κ3) is 9.08. The third-order valence-corrected chi connectivity index (χ3v) is 18.2. The van der Waals surface area contributed by atoms with Crippen LogP contribution < -0.4 is 9.47 Å². The van der Waals surface area contributed by atoms with Crippen molar-refractivity contribution in [3.63, 3.8) is 0 Å². The Bertz CT molecular complexity index is 2830. The van der Waals surface area contributed by atoms with E-state index >= 15 is 17.9 Å². The molecular formula is C38H34F2N10O14P2S2. The molecule has 5 aliphatic heterocycles. The van der Waals surface area contributed by atoms with Crippen molar-refractivity contribution in [2.75, 3.05) is 26.4 Å². The van der Waals surface area contributed by atoms with Crippen LogP contribution in [0.5, 0.6) is 11.8 Å². The first kappa shape index (κ1) is 46.2. The SMILES string of the molecule is O=[N+]([O-])c1ccccc1CS[P@]1(=O)OC[C@H]2O[C@@H]3[C@H](F)[C@@H]2O[P@](=O)(SCc2ccccc2[N+](=O)[O-])OC[C@H]2O[C@H]([C@H](F)[C@@H]2O1)n1cnc2c(ncnc21)OC/C=C/COc1ncnc2c1ncn23. The number of rotatable bonds is 8. The standard InChI is InChI=1S/C38H34F2N10O14P2S2/c39-27-31-26-14-60-66(56,68-16-22-8-2-4-10-24(22)50(53)54)64-32-25(13-59-65(55,63-31)67-15-21-7-1-3-9-23(21)49(51)52)61-38(28(32)40)48-20-46-30-34(48)42-18-44-36(30)58-12-6-5-11-57-35-29-33(41-17-43-35)47(19-45-29)37(27)62-26/h1-10,17-20,25-28,31-32,37-38H,11-16H2/b6-5+/t25-,26-,27-,28-,31-,32-,37-,38-,65-,66-/m1/s1. The number of fused-ring (bicyclic) bond motifs is 10. The first-order valence-corrected chi connectivity index (χ1v) is 26.6. The summed E-state index contributed by atoms with van der Waals surface area (Å²) in [7, 11) is 0. The Kier molecular flexibility index (Phi) is 13.0. The van der Waals surface area contributed by atoms with E-state index in [9.17, 15) is 20.2 Å². The van der Waals surface area contributed by atoms with E-state index < -0.39 is 85.9 Å². The zero-order valence-electron chi connectivity index (χ0n) is 34.6. The number of ether oxygens (including phenoxy) is 4. The maximum atomic E-state index is 17.3. The van der Waals surface area contributed by atoms with E-state index in [-0.39, 0.29) is 81.3 Å². The van der Waals surface area contributed by atoms with Crippen molar-refractivity contribution < 1.29 is 64.8 Å². The molecule has 6 aromatic rings. The van der Waals surface area contributed by atoms with E-state index in [1.165, 1.54) is 70.3 Å². The zero-order chi connectivity index (χ0) is 47.2. The van der Waals surface area contributed by atoms with E-state index in [2.05, 4.69) is 29.9 Å². The van der Waals surface area contributed by atoms with Gasteiger partial charge in [0.25, 0.3) is 11.4 Å². The number of alkyl halides is 2. The second-order valence-corrected chi connectivity index (χ2v) is 23.1. The Labute approximate surface area is 388 Å². The van der Waals surface area contributed by atoms with Crippen LogP contribution in [0.3, 0.4) is 0 Å². The van der Waals surface area contributed by atoms with Gasteiger partial charge < -0.3 is 18.9 Å². The summed E-state index contributed by atoms with van der Waals surface area (Å²) in [4.78, 5) is 48.3. The van der Waals surface area contributed by atoms with Crippen molar-refractivity contribution in [2.24, 2.45) is 0 Å². The number of benzene rings is 2. The predicted octanol–water partition coefficient (Wildman–Crippen LogP) is 7.18. The van der Waals surface area contributed by atoms with Crippen molar-refractivity contribution in [1.29, 1.82) is 0 Å². The minimum atomic E-state index is -4.76. The molecule has 11 rings (SSSR count). The Balaban J connectivity index is 1.09. The van der Waals surface area contributed by atoms with Crippen molar-refractivity contribution >= 4 is 70.1 Å². The molecule has 0 saturated carbocycles. The van der Waals surface area contributed by atoms with Crippen LogP contribution in [0.25, 0.3) is 22.3 Å². The number of imidazole rings is 2. The molecule has 14 bridgehead atoms. The lowest BCUT2D eigenvalue weighted by Crippen LogP contribution is -2.37. The topological polar surface area (TPSA) is 281 Å². The third-order valence-electron chi connectivity index (χ3n) is 11.0. The van der Waals surface area contributed by atoms with Gasteiger partial charge in [-0.3, -0.25) is 47.5 Å². The number of nitro benzene ring substituents is 2. The molecule has 68 heavy (non-hydrogen) atoms. The first-order valence-electron chi connectivity index (χ1n) is 20.3. The van der Waals surface area contributed by atoms with Gasteiger partial charge in [-0.25, -0.2) is 37.8 Å². The number of nitrogens with zero attached hydrogens (tertiary/aromatic N) is 10. The van der Waals surface area contributed by atoms with E-state index in [0.29, 0.717) is 22.8 Å². The van der Waals surface area contributed by atoms with Gasteiger partial charge >= 0.3 is 13.6 Å². The fraction of sp³-hybridized carbons (Fsp3) is 0.368. The lowest BCUT2D eigenvalue weighted by atomic mass is 10.1. The quantitative estimate of drug-likeness (QED) is 0.0631. The number of halogens is 2. The Morgan fingerprint density at radius 3 is 1.50 bits per heavy atom. The minimum Gasteiger partial charge on any atom is -0.472 e. The van der Waals surface area contributed by atoms with Crippen LogP contribution in [0.4, 0.5) is 20.2 Å². The highest BCUT2D eigenvalue weighted by atomic mass is 32.7. The molecule has 9 heterocycles. The first-order chi connectivity index (χ1) is 32.9. The number of hydrogen-bond donors (Lipinski definition) is 0. The Morgan fingerprint density at radius 1 is 0.647 bits per heavy atom. The molecule has 3 saturated heterocycles. The molecule has 356 valence electrons. The number of aromatic nitrogens is 8. The van der Waals surface area contributed by atoms with Gasteiger partial charge in [-0.1, -0.05) is 36.4 Å². The van der Waals surface area contributed by atoms with Crippen LogP contribution in [0, 0.1) is 20.2 Å². The summed E-state index contributed by atoms with van der Waals surface area (Å²) in [5.41, 5.74) is -0.0981. The van der Waals surface area contributed by atoms with Crippen LogP contribution in [0.15, 0.2) is 86.0 Å². The molecule has 24 nitrogen and oxygen atoms in total. The van der Waals surface area contributed by atoms with E-state index in [1.807, 2.05) is 0 Å². The average Bonchev–Trinajstić information content (AvgIpc) is 4.11. The molecule has 0 unspecified atom stereocenters. The summed E-state index contributed by atoms with van der Waals surface area (Å²) in [5.74, 6) is -0.660. The molecule has 0 aliphatic carbocycles. The number of hydrogen-bond acceptors (Lipinski definition) is 22. The summed E-state index contributed by atoms with van der Waals surface area (Å²) in [5, 5.41) is 23.9. The van der Waals surface area contributed by atoms with Gasteiger partial charge in [-0.2, -0.15) is 9.97 Å². The minimum absolute atomic E-state index is 0.0206. The molecule has 3 fully saturated rings. The summed E-state index contributed by atoms with van der Waals surface area (Å²) in [6.07, 6.45) is -6.68. The van der Waals surface area contributed by atoms with Gasteiger partial charge in [-0.05, 0) is 34.9 Å². The van der Waals surface area contributed by atoms with Crippen LogP contribution >= 0.6 is 36.4 Å². The van der Waals surface area contributed by atoms with Crippen molar-refractivity contribution in [2.45, 2.75) is 60.7 Å². The van der Waals surface area contributed by atoms with Crippen LogP contribution in [-0.2, 0) is 48.2 Å². The molecule has 30 heteroatoms. The highest BCUT2D eigenvalue weighted by molar-refractivity contribution is 8.55. The fourth-order valence-corrected chi connectivity index (χ4v) is 14.5. The second kappa shape index (κ2) is 19.1. The number of para-hydroxylation sites is 2. The summed E-state index contributed by atoms with van der Waals surface area (Å²) < 4.78 is 116. The molecule has 5 aliphatic rings. The molecular weight excluding hydrogens is 985 g/mol. The zero-order valence-corrected chi connectivity index (χ0v) is 38.0. The Morgan fingerprint density at radius 2 is 1.07 bits per heavy atom. The molecule has 0 amide bonds. The second-order valence-electron chi connectivity index (χ2n) is 15.1. The smallest absolute Gasteiger partial charge is 0.390 e. The highest BCUT2D eigenvalue weighted by Crippen LogP contribution is 2.67. The molecule has 10 atom stereocenters. The molecule has 2 aromatic carbocycles. The van der Waals surface area contributed by atoms with Gasteiger partial charge in [-0.15, -0.1) is 0 Å². The highest BCUT2D eigenvalue weighted by Gasteiger charge is 2.56. The molecule has 0 radical (unpaired) electrons. The summed E-state index contributed by atoms with van der Waals surface area (Å²) >= 11 is 0.965. The van der Waals surface area contributed by atoms with Crippen molar-refractivity contribution in [1.82, 2.24) is 39.0 Å². The number of nitro groups is 2. The van der Waals surface area contributed by atoms with Crippen LogP contribution in [0.1, 0.15) is 23.6 Å². The van der Waals surface area contributed by atoms with Gasteiger partial charge in [0.2, 0.25) is 11.8 Å². The van der Waals surface area contributed by atoms with E-state index in [1.54, 1.807) is 12.2 Å². The van der Waals surface area contributed by atoms with Crippen LogP contribution in [0.2, 0.25) is 0 Å². The summed E-state index contributed by atoms with van der Waals surface area (Å²) in [6.45, 7) is -11.2. The van der Waals surface area contributed by atoms with Gasteiger partial charge in [0.1, 0.15) is 50.3 Å². The van der Waals surface area contributed by atoms with E-state index in [4.69, 9.17) is 37.0 Å². The lowest BCUT2D eigenvalue weighted by molar-refractivity contribution is -0.385. The normalized spacial score (nSPS) is 30.1. The van der Waals surface area contributed by atoms with Crippen molar-refractivity contribution in [3.05, 3.63) is 117 Å². The molecule has 0 spiro atoms. The van der Waals surface area contributed by atoms with Gasteiger partial charge in [0.15, 0.2) is 47.1 Å². The largest absolute Gasteiger partial charge is 0.472 e. The van der Waals surface area contributed by atoms with Gasteiger partial charge in [0.05, 0.1) is 35.7 Å². The fourth-order valence-electron chi connectivity index (χ4n) is 7.73. The van der Waals surface area contributed by atoms with E-state index in [0.717, 1.165) is 12.7 Å².